The highest BCUT2D eigenvalue weighted by Gasteiger charge is 2.38. The summed E-state index contributed by atoms with van der Waals surface area (Å²) in [5.41, 5.74) is 1.68. The van der Waals surface area contributed by atoms with E-state index in [4.69, 9.17) is 0 Å². The average molecular weight is 347 g/mol. The number of hydrogen-bond acceptors (Lipinski definition) is 3. The zero-order valence-electron chi connectivity index (χ0n) is 15.5. The van der Waals surface area contributed by atoms with Crippen LogP contribution in [0.4, 0.5) is 10.5 Å². The van der Waals surface area contributed by atoms with Crippen molar-refractivity contribution in [2.45, 2.75) is 52.7 Å². The molecule has 2 rings (SSSR count). The Bertz CT molecular complexity index is 618. The van der Waals surface area contributed by atoms with Crippen molar-refractivity contribution >= 4 is 17.6 Å². The number of aliphatic hydroxyl groups excluding tert-OH is 1. The lowest BCUT2D eigenvalue weighted by Crippen LogP contribution is -2.55. The first-order valence-corrected chi connectivity index (χ1v) is 8.97. The van der Waals surface area contributed by atoms with E-state index in [1.165, 1.54) is 0 Å². The van der Waals surface area contributed by atoms with Crippen LogP contribution in [0.2, 0.25) is 0 Å². The van der Waals surface area contributed by atoms with Gasteiger partial charge in [0.2, 0.25) is 5.91 Å². The van der Waals surface area contributed by atoms with Crippen LogP contribution in [-0.2, 0) is 11.3 Å². The highest BCUT2D eigenvalue weighted by Crippen LogP contribution is 2.28. The number of fused-ring (bicyclic) bond motifs is 1. The molecule has 1 aliphatic rings. The number of benzene rings is 1. The molecular weight excluding hydrogens is 318 g/mol. The minimum Gasteiger partial charge on any atom is -0.395 e. The molecule has 6 heteroatoms. The first-order valence-electron chi connectivity index (χ1n) is 8.97. The minimum atomic E-state index is -0.537. The maximum Gasteiger partial charge on any atom is 0.321 e. The van der Waals surface area contributed by atoms with Crippen molar-refractivity contribution in [3.05, 3.63) is 29.8 Å². The quantitative estimate of drug-likeness (QED) is 0.860. The van der Waals surface area contributed by atoms with Gasteiger partial charge in [-0.3, -0.25) is 4.79 Å². The Balaban J connectivity index is 2.44. The zero-order valence-corrected chi connectivity index (χ0v) is 15.5. The lowest BCUT2D eigenvalue weighted by molar-refractivity contribution is -0.122. The van der Waals surface area contributed by atoms with Crippen molar-refractivity contribution in [3.8, 4) is 0 Å². The van der Waals surface area contributed by atoms with Gasteiger partial charge in [0.25, 0.3) is 0 Å². The van der Waals surface area contributed by atoms with Gasteiger partial charge in [0.1, 0.15) is 6.04 Å². The van der Waals surface area contributed by atoms with Crippen molar-refractivity contribution in [3.63, 3.8) is 0 Å². The summed E-state index contributed by atoms with van der Waals surface area (Å²) in [6, 6.07) is 6.78. The fourth-order valence-electron chi connectivity index (χ4n) is 3.23. The van der Waals surface area contributed by atoms with E-state index in [9.17, 15) is 14.7 Å². The second kappa shape index (κ2) is 8.34. The van der Waals surface area contributed by atoms with E-state index in [1.54, 1.807) is 9.80 Å². The maximum atomic E-state index is 13.2. The van der Waals surface area contributed by atoms with Gasteiger partial charge in [-0.25, -0.2) is 4.79 Å². The molecule has 6 nitrogen and oxygen atoms in total. The number of nitrogens with zero attached hydrogens (tertiary/aromatic N) is 2. The van der Waals surface area contributed by atoms with Crippen LogP contribution in [0.3, 0.4) is 0 Å². The summed E-state index contributed by atoms with van der Waals surface area (Å²) in [6.45, 7) is 8.36. The lowest BCUT2D eigenvalue weighted by atomic mass is 9.97. The van der Waals surface area contributed by atoms with E-state index < -0.39 is 6.04 Å². The van der Waals surface area contributed by atoms with Gasteiger partial charge >= 0.3 is 6.03 Å². The molecule has 0 aliphatic carbocycles. The molecule has 0 bridgehead atoms. The standard InChI is InChI=1S/C19H29N3O3/c1-5-14(4)17-18(24)20-16-9-7-6-8-15(16)12-22(17)19(25)21(10-11-23)13(2)3/h6-9,13-14,17,23H,5,10-12H2,1-4H3,(H,20,24). The number of carbonyl (C=O) groups excluding carboxylic acids is 2. The summed E-state index contributed by atoms with van der Waals surface area (Å²) in [7, 11) is 0. The predicted molar refractivity (Wildman–Crippen MR) is 98.2 cm³/mol. The number of amides is 3. The van der Waals surface area contributed by atoms with Crippen LogP contribution in [-0.4, -0.2) is 52.1 Å². The van der Waals surface area contributed by atoms with Gasteiger partial charge in [-0.15, -0.1) is 0 Å². The molecule has 2 atom stereocenters. The molecule has 0 fully saturated rings. The summed E-state index contributed by atoms with van der Waals surface area (Å²) in [6.07, 6.45) is 0.792. The zero-order chi connectivity index (χ0) is 18.6. The number of carbonyl (C=O) groups is 2. The van der Waals surface area contributed by atoms with E-state index in [1.807, 2.05) is 52.0 Å². The van der Waals surface area contributed by atoms with Gasteiger partial charge in [0.15, 0.2) is 0 Å². The van der Waals surface area contributed by atoms with Gasteiger partial charge in [-0.2, -0.15) is 0 Å². The molecule has 25 heavy (non-hydrogen) atoms. The molecule has 2 N–H and O–H groups in total. The predicted octanol–water partition coefficient (Wildman–Crippen LogP) is 2.68. The number of aliphatic hydroxyl groups is 1. The Hall–Kier alpha value is -2.08. The van der Waals surface area contributed by atoms with Crippen molar-refractivity contribution in [1.82, 2.24) is 9.80 Å². The number of urea groups is 1. The number of rotatable bonds is 5. The lowest BCUT2D eigenvalue weighted by Gasteiger charge is -2.37. The highest BCUT2D eigenvalue weighted by molar-refractivity contribution is 5.98. The molecule has 0 aromatic heterocycles. The van der Waals surface area contributed by atoms with Crippen molar-refractivity contribution in [1.29, 1.82) is 0 Å². The molecule has 1 aliphatic heterocycles. The van der Waals surface area contributed by atoms with Crippen LogP contribution in [0, 0.1) is 5.92 Å². The third kappa shape index (κ3) is 4.12. The third-order valence-electron chi connectivity index (χ3n) is 4.86. The summed E-state index contributed by atoms with van der Waals surface area (Å²) < 4.78 is 0. The molecule has 1 aromatic rings. The molecule has 0 radical (unpaired) electrons. The van der Waals surface area contributed by atoms with Crippen molar-refractivity contribution in [2.24, 2.45) is 5.92 Å². The molecule has 0 saturated carbocycles. The normalized spacial score (nSPS) is 18.4. The summed E-state index contributed by atoms with van der Waals surface area (Å²) >= 11 is 0. The number of anilines is 1. The molecule has 0 spiro atoms. The molecule has 138 valence electrons. The van der Waals surface area contributed by atoms with Crippen LogP contribution in [0.1, 0.15) is 39.7 Å². The van der Waals surface area contributed by atoms with Crippen LogP contribution in [0.15, 0.2) is 24.3 Å². The van der Waals surface area contributed by atoms with Crippen LogP contribution >= 0.6 is 0 Å². The maximum absolute atomic E-state index is 13.2. The fourth-order valence-corrected chi connectivity index (χ4v) is 3.23. The van der Waals surface area contributed by atoms with Crippen molar-refractivity contribution < 1.29 is 14.7 Å². The third-order valence-corrected chi connectivity index (χ3v) is 4.86. The molecule has 2 unspecified atom stereocenters. The Morgan fingerprint density at radius 2 is 2.04 bits per heavy atom. The average Bonchev–Trinajstić information content (AvgIpc) is 2.73. The highest BCUT2D eigenvalue weighted by atomic mass is 16.3. The van der Waals surface area contributed by atoms with Crippen LogP contribution < -0.4 is 5.32 Å². The first-order chi connectivity index (χ1) is 11.9. The molecule has 3 amide bonds. The summed E-state index contributed by atoms with van der Waals surface area (Å²) in [4.78, 5) is 29.4. The Labute approximate surface area is 149 Å². The minimum absolute atomic E-state index is 0.0291. The number of hydrogen-bond donors (Lipinski definition) is 2. The van der Waals surface area contributed by atoms with E-state index in [0.717, 1.165) is 17.7 Å². The molecule has 1 aromatic carbocycles. The molecule has 1 heterocycles. The van der Waals surface area contributed by atoms with Gasteiger partial charge in [-0.1, -0.05) is 38.5 Å². The van der Waals surface area contributed by atoms with Crippen molar-refractivity contribution in [2.75, 3.05) is 18.5 Å². The topological polar surface area (TPSA) is 72.9 Å². The number of para-hydroxylation sites is 1. The second-order valence-electron chi connectivity index (χ2n) is 6.90. The van der Waals surface area contributed by atoms with Gasteiger partial charge in [0.05, 0.1) is 13.2 Å². The van der Waals surface area contributed by atoms with Gasteiger partial charge in [-0.05, 0) is 31.4 Å². The largest absolute Gasteiger partial charge is 0.395 e. The van der Waals surface area contributed by atoms with Crippen LogP contribution in [0.5, 0.6) is 0 Å². The van der Waals surface area contributed by atoms with E-state index in [2.05, 4.69) is 5.32 Å². The smallest absolute Gasteiger partial charge is 0.321 e. The van der Waals surface area contributed by atoms with E-state index in [-0.39, 0.29) is 37.0 Å². The van der Waals surface area contributed by atoms with Gasteiger partial charge in [0, 0.05) is 18.3 Å². The van der Waals surface area contributed by atoms with Gasteiger partial charge < -0.3 is 20.2 Å². The second-order valence-corrected chi connectivity index (χ2v) is 6.90. The molecular formula is C19H29N3O3. The van der Waals surface area contributed by atoms with Crippen LogP contribution in [0.25, 0.3) is 0 Å². The first kappa shape index (κ1) is 19.2. The summed E-state index contributed by atoms with van der Waals surface area (Å²) in [5, 5.41) is 12.3. The Morgan fingerprint density at radius 3 is 2.64 bits per heavy atom. The molecule has 0 saturated heterocycles. The number of nitrogens with one attached hydrogen (secondary N) is 1. The summed E-state index contributed by atoms with van der Waals surface area (Å²) in [5.74, 6) is -0.123. The fraction of sp³-hybridized carbons (Fsp3) is 0.579. The van der Waals surface area contributed by atoms with E-state index >= 15 is 0 Å². The SMILES string of the molecule is CCC(C)C1C(=O)Nc2ccccc2CN1C(=O)N(CCO)C(C)C. The van der Waals surface area contributed by atoms with E-state index in [0.29, 0.717) is 6.54 Å². The Morgan fingerprint density at radius 1 is 1.36 bits per heavy atom. The Kier molecular flexibility index (Phi) is 6.42. The monoisotopic (exact) mass is 347 g/mol.